The summed E-state index contributed by atoms with van der Waals surface area (Å²) in [5, 5.41) is 2.28. The van der Waals surface area contributed by atoms with E-state index >= 15 is 0 Å². The summed E-state index contributed by atoms with van der Waals surface area (Å²) < 4.78 is 34.3. The molecule has 4 unspecified atom stereocenters. The van der Waals surface area contributed by atoms with E-state index in [9.17, 15) is 0 Å². The highest BCUT2D eigenvalue weighted by molar-refractivity contribution is 5.94. The van der Waals surface area contributed by atoms with Gasteiger partial charge >= 0.3 is 0 Å². The third kappa shape index (κ3) is 3.46. The van der Waals surface area contributed by atoms with Crippen LogP contribution in [0.1, 0.15) is 23.7 Å². The summed E-state index contributed by atoms with van der Waals surface area (Å²) in [5.74, 6) is 1.84. The second-order valence-corrected chi connectivity index (χ2v) is 7.96. The van der Waals surface area contributed by atoms with Crippen molar-refractivity contribution >= 4 is 10.8 Å². The van der Waals surface area contributed by atoms with Gasteiger partial charge in [0.2, 0.25) is 0 Å². The number of ether oxygens (including phenoxy) is 6. The Morgan fingerprint density at radius 1 is 0.786 bits per heavy atom. The minimum atomic E-state index is 0.123. The number of hydrogen-bond donors (Lipinski definition) is 0. The lowest BCUT2D eigenvalue weighted by molar-refractivity contribution is -0.0539. The summed E-state index contributed by atoms with van der Waals surface area (Å²) in [6.07, 6.45) is 2.74. The third-order valence-electron chi connectivity index (χ3n) is 5.77. The topological polar surface area (TPSA) is 65.3 Å². The highest BCUT2D eigenvalue weighted by Crippen LogP contribution is 2.43. The predicted octanol–water partition coefficient (Wildman–Crippen LogP) is 2.80. The highest BCUT2D eigenvalue weighted by Gasteiger charge is 2.31. The van der Waals surface area contributed by atoms with Crippen LogP contribution in [0, 0.1) is 0 Å². The van der Waals surface area contributed by atoms with Gasteiger partial charge in [0.25, 0.3) is 0 Å². The predicted molar refractivity (Wildman–Crippen MR) is 101 cm³/mol. The molecule has 6 heteroatoms. The van der Waals surface area contributed by atoms with Crippen LogP contribution in [0.5, 0.6) is 11.5 Å². The van der Waals surface area contributed by atoms with Crippen LogP contribution < -0.4 is 9.47 Å². The number of epoxide rings is 3. The average Bonchev–Trinajstić information content (AvgIpc) is 3.52. The molecule has 0 bridgehead atoms. The van der Waals surface area contributed by atoms with Crippen molar-refractivity contribution in [2.75, 3.05) is 39.6 Å². The van der Waals surface area contributed by atoms with Crippen molar-refractivity contribution < 1.29 is 28.4 Å². The van der Waals surface area contributed by atoms with E-state index in [2.05, 4.69) is 24.3 Å². The second-order valence-electron chi connectivity index (χ2n) is 7.96. The SMILES string of the molecule is c1cc2c(OCC3CO3)c(C3CCO3)ccc2c(CC2CO2)c1OCC1CO1. The molecule has 2 aromatic rings. The molecule has 148 valence electrons. The first kappa shape index (κ1) is 17.0. The van der Waals surface area contributed by atoms with Gasteiger partial charge in [0.1, 0.15) is 36.9 Å². The molecule has 4 fully saturated rings. The van der Waals surface area contributed by atoms with Crippen LogP contribution in [0.2, 0.25) is 0 Å². The summed E-state index contributed by atoms with van der Waals surface area (Å²) >= 11 is 0. The van der Waals surface area contributed by atoms with Gasteiger partial charge in [-0.25, -0.2) is 0 Å². The smallest absolute Gasteiger partial charge is 0.133 e. The highest BCUT2D eigenvalue weighted by atomic mass is 16.6. The van der Waals surface area contributed by atoms with Crippen molar-refractivity contribution in [2.24, 2.45) is 0 Å². The molecule has 0 saturated carbocycles. The Labute approximate surface area is 163 Å². The van der Waals surface area contributed by atoms with E-state index in [0.717, 1.165) is 61.7 Å². The van der Waals surface area contributed by atoms with E-state index in [1.807, 2.05) is 0 Å². The van der Waals surface area contributed by atoms with E-state index in [1.54, 1.807) is 0 Å². The second kappa shape index (κ2) is 6.88. The molecular formula is C22H24O6. The molecule has 6 rings (SSSR count). The van der Waals surface area contributed by atoms with Gasteiger partial charge < -0.3 is 28.4 Å². The zero-order chi connectivity index (χ0) is 18.5. The van der Waals surface area contributed by atoms with Crippen molar-refractivity contribution in [1.29, 1.82) is 0 Å². The normalized spacial score (nSPS) is 30.0. The average molecular weight is 384 g/mol. The summed E-state index contributed by atoms with van der Waals surface area (Å²) in [5.41, 5.74) is 2.32. The Morgan fingerprint density at radius 2 is 1.46 bits per heavy atom. The van der Waals surface area contributed by atoms with Gasteiger partial charge in [-0.3, -0.25) is 0 Å². The van der Waals surface area contributed by atoms with E-state index in [0.29, 0.717) is 13.2 Å². The molecule has 0 radical (unpaired) electrons. The molecule has 0 aliphatic carbocycles. The lowest BCUT2D eigenvalue weighted by atomic mass is 9.93. The lowest BCUT2D eigenvalue weighted by Gasteiger charge is -2.29. The third-order valence-corrected chi connectivity index (χ3v) is 5.77. The monoisotopic (exact) mass is 384 g/mol. The largest absolute Gasteiger partial charge is 0.490 e. The Hall–Kier alpha value is -1.86. The van der Waals surface area contributed by atoms with Gasteiger partial charge in [-0.05, 0) is 17.5 Å². The van der Waals surface area contributed by atoms with Crippen molar-refractivity contribution in [3.05, 3.63) is 35.4 Å². The van der Waals surface area contributed by atoms with Gasteiger partial charge in [-0.2, -0.15) is 0 Å². The molecule has 4 atom stereocenters. The van der Waals surface area contributed by atoms with Crippen molar-refractivity contribution in [2.45, 2.75) is 37.3 Å². The van der Waals surface area contributed by atoms with Gasteiger partial charge in [0.05, 0.1) is 38.6 Å². The fourth-order valence-electron chi connectivity index (χ4n) is 3.78. The molecule has 4 aliphatic heterocycles. The Morgan fingerprint density at radius 3 is 2.11 bits per heavy atom. The van der Waals surface area contributed by atoms with Gasteiger partial charge in [-0.15, -0.1) is 0 Å². The minimum absolute atomic E-state index is 0.123. The summed E-state index contributed by atoms with van der Waals surface area (Å²) in [4.78, 5) is 0. The van der Waals surface area contributed by atoms with Crippen molar-refractivity contribution in [3.8, 4) is 11.5 Å². The maximum atomic E-state index is 6.26. The molecule has 28 heavy (non-hydrogen) atoms. The van der Waals surface area contributed by atoms with E-state index in [4.69, 9.17) is 28.4 Å². The molecule has 4 saturated heterocycles. The minimum Gasteiger partial charge on any atom is -0.490 e. The zero-order valence-corrected chi connectivity index (χ0v) is 15.7. The van der Waals surface area contributed by atoms with Gasteiger partial charge in [-0.1, -0.05) is 12.1 Å². The van der Waals surface area contributed by atoms with E-state index in [-0.39, 0.29) is 24.4 Å². The van der Waals surface area contributed by atoms with Crippen LogP contribution in [0.15, 0.2) is 24.3 Å². The van der Waals surface area contributed by atoms with E-state index < -0.39 is 0 Å². The van der Waals surface area contributed by atoms with Gasteiger partial charge in [0.15, 0.2) is 0 Å². The van der Waals surface area contributed by atoms with Crippen LogP contribution in [0.4, 0.5) is 0 Å². The zero-order valence-electron chi connectivity index (χ0n) is 15.7. The Bertz CT molecular complexity index is 880. The lowest BCUT2D eigenvalue weighted by Crippen LogP contribution is -2.20. The van der Waals surface area contributed by atoms with Gasteiger partial charge in [0, 0.05) is 29.4 Å². The fraction of sp³-hybridized carbons (Fsp3) is 0.545. The van der Waals surface area contributed by atoms with Crippen LogP contribution >= 0.6 is 0 Å². The first-order valence-electron chi connectivity index (χ1n) is 10.2. The van der Waals surface area contributed by atoms with Crippen LogP contribution in [-0.2, 0) is 25.4 Å². The molecule has 0 aromatic heterocycles. The molecule has 0 spiro atoms. The number of hydrogen-bond acceptors (Lipinski definition) is 6. The molecule has 0 N–H and O–H groups in total. The van der Waals surface area contributed by atoms with E-state index in [1.165, 1.54) is 10.9 Å². The number of benzene rings is 2. The quantitative estimate of drug-likeness (QED) is 0.620. The Balaban J connectivity index is 1.40. The van der Waals surface area contributed by atoms with Crippen LogP contribution in [0.25, 0.3) is 10.8 Å². The maximum Gasteiger partial charge on any atom is 0.133 e. The molecule has 6 nitrogen and oxygen atoms in total. The van der Waals surface area contributed by atoms with Crippen LogP contribution in [0.3, 0.4) is 0 Å². The van der Waals surface area contributed by atoms with Crippen molar-refractivity contribution in [1.82, 2.24) is 0 Å². The first-order chi connectivity index (χ1) is 13.8. The standard InChI is InChI=1S/C22H24O6/c1-2-18(21-5-6-23-21)22(28-12-15-10-26-15)17-3-4-20(27-11-14-9-25-14)19(16(1)17)7-13-8-24-13/h1-4,13-15,21H,5-12H2. The summed E-state index contributed by atoms with van der Waals surface area (Å²) in [6.45, 7) is 4.38. The number of fused-ring (bicyclic) bond motifs is 1. The first-order valence-corrected chi connectivity index (χ1v) is 10.2. The summed E-state index contributed by atoms with van der Waals surface area (Å²) in [6, 6.07) is 8.51. The van der Waals surface area contributed by atoms with Crippen molar-refractivity contribution in [3.63, 3.8) is 0 Å². The molecule has 2 aromatic carbocycles. The van der Waals surface area contributed by atoms with Crippen LogP contribution in [-0.4, -0.2) is 58.0 Å². The summed E-state index contributed by atoms with van der Waals surface area (Å²) in [7, 11) is 0. The molecule has 4 aliphatic rings. The molecule has 0 amide bonds. The molecular weight excluding hydrogens is 360 g/mol. The molecule has 4 heterocycles. The maximum absolute atomic E-state index is 6.26. The fourth-order valence-corrected chi connectivity index (χ4v) is 3.78. The number of rotatable bonds is 9. The Kier molecular flexibility index (Phi) is 4.19.